The monoisotopic (exact) mass is 348 g/mol. The molecule has 134 valence electrons. The summed E-state index contributed by atoms with van der Waals surface area (Å²) < 4.78 is 23.4. The Balaban J connectivity index is 1.86. The van der Waals surface area contributed by atoms with Crippen LogP contribution in [0.5, 0.6) is 5.75 Å². The van der Waals surface area contributed by atoms with E-state index in [4.69, 9.17) is 9.47 Å². The number of ether oxygens (including phenoxy) is 2. The van der Waals surface area contributed by atoms with E-state index in [0.717, 1.165) is 12.8 Å². The fourth-order valence-electron chi connectivity index (χ4n) is 2.69. The molecule has 0 heterocycles. The van der Waals surface area contributed by atoms with Crippen LogP contribution >= 0.6 is 0 Å². The number of carbonyl (C=O) groups excluding carboxylic acids is 2. The molecule has 6 nitrogen and oxygen atoms in total. The van der Waals surface area contributed by atoms with Crippen LogP contribution in [-0.2, 0) is 14.3 Å². The van der Waals surface area contributed by atoms with E-state index >= 15 is 0 Å². The first-order valence-electron chi connectivity index (χ1n) is 8.10. The van der Waals surface area contributed by atoms with Gasteiger partial charge >= 0.3 is 5.97 Å². The number of halogens is 1. The van der Waals surface area contributed by atoms with Gasteiger partial charge in [-0.25, -0.2) is 9.18 Å². The fourth-order valence-corrected chi connectivity index (χ4v) is 2.69. The number of hydrogen-bond acceptors (Lipinski definition) is 5. The van der Waals surface area contributed by atoms with Gasteiger partial charge in [0.25, 0.3) is 5.91 Å². The minimum atomic E-state index is -1.35. The second kappa shape index (κ2) is 7.51. The van der Waals surface area contributed by atoms with Crippen LogP contribution in [0.4, 0.5) is 4.39 Å². The summed E-state index contributed by atoms with van der Waals surface area (Å²) in [6.45, 7) is 2.49. The van der Waals surface area contributed by atoms with Crippen molar-refractivity contribution >= 4 is 11.9 Å². The molecule has 1 aromatic carbocycles. The molecule has 2 rings (SSSR count). The van der Waals surface area contributed by atoms with Crippen LogP contribution in [0.1, 0.15) is 39.5 Å². The molecule has 25 heavy (non-hydrogen) atoms. The van der Waals surface area contributed by atoms with Crippen LogP contribution in [0.3, 0.4) is 0 Å². The predicted octanol–water partition coefficient (Wildman–Crippen LogP) is 2.48. The number of carbonyl (C=O) groups is 2. The zero-order valence-electron chi connectivity index (χ0n) is 14.3. The molecule has 0 unspecified atom stereocenters. The maximum absolute atomic E-state index is 12.9. The van der Waals surface area contributed by atoms with Gasteiger partial charge < -0.3 is 14.8 Å². The highest BCUT2D eigenvalue weighted by Crippen LogP contribution is 2.28. The van der Waals surface area contributed by atoms with Gasteiger partial charge in [0.2, 0.25) is 0 Å². The quantitative estimate of drug-likeness (QED) is 0.798. The highest BCUT2D eigenvalue weighted by atomic mass is 19.1. The molecule has 0 atom stereocenters. The fraction of sp³-hybridized carbons (Fsp3) is 0.500. The highest BCUT2D eigenvalue weighted by Gasteiger charge is 2.36. The first-order chi connectivity index (χ1) is 11.8. The molecule has 0 aromatic heterocycles. The Kier molecular flexibility index (Phi) is 5.62. The molecule has 1 fully saturated rings. The van der Waals surface area contributed by atoms with Crippen molar-refractivity contribution in [3.63, 3.8) is 0 Å². The van der Waals surface area contributed by atoms with Crippen molar-refractivity contribution in [1.82, 2.24) is 5.32 Å². The summed E-state index contributed by atoms with van der Waals surface area (Å²) in [7, 11) is 0. The van der Waals surface area contributed by atoms with Gasteiger partial charge in [0.1, 0.15) is 17.1 Å². The normalized spacial score (nSPS) is 15.9. The number of nitrogens with one attached hydrogen (secondary N) is 1. The summed E-state index contributed by atoms with van der Waals surface area (Å²) >= 11 is 0. The van der Waals surface area contributed by atoms with Gasteiger partial charge in [0.15, 0.2) is 12.2 Å². The van der Waals surface area contributed by atoms with Crippen LogP contribution in [0.15, 0.2) is 24.3 Å². The first-order valence-corrected chi connectivity index (χ1v) is 8.10. The molecule has 7 heteroatoms. The van der Waals surface area contributed by atoms with Gasteiger partial charge in [0.05, 0.1) is 6.07 Å². The lowest BCUT2D eigenvalue weighted by molar-refractivity contribution is -0.162. The molecule has 1 aromatic rings. The average molecular weight is 348 g/mol. The van der Waals surface area contributed by atoms with Crippen LogP contribution in [0.25, 0.3) is 0 Å². The third-order valence-corrected chi connectivity index (χ3v) is 4.06. The molecule has 1 aliphatic rings. The maximum atomic E-state index is 12.9. The Labute approximate surface area is 145 Å². The minimum Gasteiger partial charge on any atom is -0.476 e. The average Bonchev–Trinajstić information content (AvgIpc) is 3.03. The van der Waals surface area contributed by atoms with Crippen molar-refractivity contribution in [3.05, 3.63) is 30.1 Å². The number of hydrogen-bond donors (Lipinski definition) is 1. The second-order valence-corrected chi connectivity index (χ2v) is 6.59. The van der Waals surface area contributed by atoms with E-state index < -0.39 is 35.4 Å². The lowest BCUT2D eigenvalue weighted by Gasteiger charge is -2.25. The Hall–Kier alpha value is -2.62. The van der Waals surface area contributed by atoms with Gasteiger partial charge in [-0.15, -0.1) is 0 Å². The molecule has 0 aliphatic heterocycles. The third kappa shape index (κ3) is 4.92. The molecule has 0 saturated heterocycles. The van der Waals surface area contributed by atoms with E-state index in [9.17, 15) is 19.2 Å². The lowest BCUT2D eigenvalue weighted by atomic mass is 10.00. The standard InChI is InChI=1S/C18H21FN2O4/c1-17(2,25-14-7-5-13(19)6-8-14)16(23)24-11-15(22)21-18(12-20)9-3-4-10-18/h5-8H,3-4,9-11H2,1-2H3,(H,21,22). The van der Waals surface area contributed by atoms with Crippen molar-refractivity contribution in [1.29, 1.82) is 5.26 Å². The smallest absolute Gasteiger partial charge is 0.350 e. The van der Waals surface area contributed by atoms with Crippen LogP contribution in [-0.4, -0.2) is 29.6 Å². The molecule has 1 saturated carbocycles. The number of esters is 1. The molecule has 0 spiro atoms. The zero-order chi connectivity index (χ0) is 18.5. The zero-order valence-corrected chi connectivity index (χ0v) is 14.3. The molecular formula is C18H21FN2O4. The lowest BCUT2D eigenvalue weighted by Crippen LogP contribution is -2.48. The largest absolute Gasteiger partial charge is 0.476 e. The summed E-state index contributed by atoms with van der Waals surface area (Å²) in [5, 5.41) is 11.9. The molecular weight excluding hydrogens is 327 g/mol. The second-order valence-electron chi connectivity index (χ2n) is 6.59. The number of nitrogens with zero attached hydrogens (tertiary/aromatic N) is 1. The van der Waals surface area contributed by atoms with E-state index in [1.165, 1.54) is 38.1 Å². The Bertz CT molecular complexity index is 673. The van der Waals surface area contributed by atoms with E-state index in [2.05, 4.69) is 11.4 Å². The molecule has 1 amide bonds. The van der Waals surface area contributed by atoms with E-state index in [1.807, 2.05) is 0 Å². The molecule has 0 radical (unpaired) electrons. The van der Waals surface area contributed by atoms with Gasteiger partial charge in [0, 0.05) is 0 Å². The Morgan fingerprint density at radius 1 is 1.28 bits per heavy atom. The van der Waals surface area contributed by atoms with Gasteiger partial charge in [-0.1, -0.05) is 0 Å². The third-order valence-electron chi connectivity index (χ3n) is 4.06. The summed E-state index contributed by atoms with van der Waals surface area (Å²) in [4.78, 5) is 24.1. The van der Waals surface area contributed by atoms with Crippen molar-refractivity contribution < 1.29 is 23.5 Å². The number of benzene rings is 1. The molecule has 1 N–H and O–H groups in total. The maximum Gasteiger partial charge on any atom is 0.350 e. The number of nitriles is 1. The Morgan fingerprint density at radius 3 is 2.44 bits per heavy atom. The van der Waals surface area contributed by atoms with Crippen LogP contribution in [0.2, 0.25) is 0 Å². The summed E-state index contributed by atoms with van der Waals surface area (Å²) in [5.41, 5.74) is -2.21. The van der Waals surface area contributed by atoms with Crippen molar-refractivity contribution in [2.75, 3.05) is 6.61 Å². The molecule has 0 bridgehead atoms. The van der Waals surface area contributed by atoms with Crippen LogP contribution < -0.4 is 10.1 Å². The van der Waals surface area contributed by atoms with Gasteiger partial charge in [-0.3, -0.25) is 4.79 Å². The highest BCUT2D eigenvalue weighted by molar-refractivity contribution is 5.84. The molecule has 1 aliphatic carbocycles. The van der Waals surface area contributed by atoms with E-state index in [-0.39, 0.29) is 0 Å². The van der Waals surface area contributed by atoms with Gasteiger partial charge in [-0.2, -0.15) is 5.26 Å². The number of amides is 1. The predicted molar refractivity (Wildman–Crippen MR) is 87.0 cm³/mol. The van der Waals surface area contributed by atoms with Crippen molar-refractivity contribution in [2.45, 2.75) is 50.7 Å². The van der Waals surface area contributed by atoms with Crippen LogP contribution in [0, 0.1) is 17.1 Å². The van der Waals surface area contributed by atoms with E-state index in [1.54, 1.807) is 0 Å². The Morgan fingerprint density at radius 2 is 1.88 bits per heavy atom. The topological polar surface area (TPSA) is 88.4 Å². The number of rotatable bonds is 6. The van der Waals surface area contributed by atoms with Gasteiger partial charge in [-0.05, 0) is 63.8 Å². The SMILES string of the molecule is CC(C)(Oc1ccc(F)cc1)C(=O)OCC(=O)NC1(C#N)CCCC1. The van der Waals surface area contributed by atoms with Crippen molar-refractivity contribution in [2.24, 2.45) is 0 Å². The summed E-state index contributed by atoms with van der Waals surface area (Å²) in [6.07, 6.45) is 2.96. The minimum absolute atomic E-state index is 0.308. The van der Waals surface area contributed by atoms with Crippen molar-refractivity contribution in [3.8, 4) is 11.8 Å². The van der Waals surface area contributed by atoms with E-state index in [0.29, 0.717) is 18.6 Å². The first kappa shape index (κ1) is 18.7. The summed E-state index contributed by atoms with van der Waals surface area (Å²) in [5.74, 6) is -1.36. The summed E-state index contributed by atoms with van der Waals surface area (Å²) in [6, 6.07) is 7.36.